The molecule has 0 amide bonds. The Kier molecular flexibility index (Phi) is 6.60. The second kappa shape index (κ2) is 6.86. The van der Waals surface area contributed by atoms with Crippen molar-refractivity contribution in [3.05, 3.63) is 34.9 Å². The van der Waals surface area contributed by atoms with E-state index < -0.39 is 6.10 Å². The maximum absolute atomic E-state index is 9.38. The van der Waals surface area contributed by atoms with Crippen molar-refractivity contribution < 1.29 is 5.11 Å². The van der Waals surface area contributed by atoms with Crippen LogP contribution in [0.15, 0.2) is 34.9 Å². The van der Waals surface area contributed by atoms with Gasteiger partial charge in [-0.3, -0.25) is 0 Å². The number of halogens is 1. The van der Waals surface area contributed by atoms with Crippen LogP contribution in [0.4, 0.5) is 0 Å². The lowest BCUT2D eigenvalue weighted by Crippen LogP contribution is -2.01. The quantitative estimate of drug-likeness (QED) is 0.691. The third-order valence-corrected chi connectivity index (χ3v) is 2.08. The Morgan fingerprint density at radius 1 is 1.43 bits per heavy atom. The number of hydrogen-bond donors (Lipinski definition) is 1. The largest absolute Gasteiger partial charge is 0.383 e. The lowest BCUT2D eigenvalue weighted by molar-refractivity contribution is 0.266. The summed E-state index contributed by atoms with van der Waals surface area (Å²) in [5.41, 5.74) is 2.46. The maximum atomic E-state index is 9.38. The molecule has 0 bridgehead atoms. The molecule has 80 valence electrons. The predicted octanol–water partition coefficient (Wildman–Crippen LogP) is 3.79. The first-order valence-electron chi connectivity index (χ1n) is 4.76. The molecule has 2 heteroatoms. The van der Waals surface area contributed by atoms with E-state index in [9.17, 15) is 5.11 Å². The fraction of sp³-hybridized carbons (Fsp3) is 0.500. The fourth-order valence-corrected chi connectivity index (χ4v) is 1.09. The summed E-state index contributed by atoms with van der Waals surface area (Å²) in [5, 5.41) is 9.65. The van der Waals surface area contributed by atoms with E-state index in [1.807, 2.05) is 6.92 Å². The van der Waals surface area contributed by atoms with Crippen LogP contribution >= 0.6 is 11.6 Å². The molecule has 0 aliphatic carbocycles. The minimum absolute atomic E-state index is 0.270. The molecule has 0 spiro atoms. The van der Waals surface area contributed by atoms with Gasteiger partial charge in [0.2, 0.25) is 0 Å². The summed E-state index contributed by atoms with van der Waals surface area (Å²) in [7, 11) is 0. The molecule has 0 heterocycles. The normalized spacial score (nSPS) is 13.6. The molecule has 0 aromatic rings. The average molecular weight is 215 g/mol. The van der Waals surface area contributed by atoms with Gasteiger partial charge in [-0.2, -0.15) is 0 Å². The molecule has 0 aromatic heterocycles. The highest BCUT2D eigenvalue weighted by molar-refractivity contribution is 6.29. The van der Waals surface area contributed by atoms with Crippen LogP contribution in [0.25, 0.3) is 0 Å². The number of hydrogen-bond acceptors (Lipinski definition) is 1. The second-order valence-electron chi connectivity index (χ2n) is 3.72. The Labute approximate surface area is 91.8 Å². The number of aliphatic hydroxyl groups is 1. The van der Waals surface area contributed by atoms with Crippen molar-refractivity contribution in [1.82, 2.24) is 0 Å². The molecular formula is C12H19ClO. The van der Waals surface area contributed by atoms with Gasteiger partial charge in [0.15, 0.2) is 0 Å². The summed E-state index contributed by atoms with van der Waals surface area (Å²) in [6.07, 6.45) is 5.16. The maximum Gasteiger partial charge on any atom is 0.107 e. The highest BCUT2D eigenvalue weighted by Crippen LogP contribution is 2.12. The third-order valence-electron chi connectivity index (χ3n) is 1.85. The molecule has 0 rings (SSSR count). The van der Waals surface area contributed by atoms with E-state index in [-0.39, 0.29) is 5.03 Å². The molecule has 1 N–H and O–H groups in total. The molecule has 0 saturated heterocycles. The van der Waals surface area contributed by atoms with Crippen LogP contribution < -0.4 is 0 Å². The summed E-state index contributed by atoms with van der Waals surface area (Å²) in [4.78, 5) is 0. The molecule has 14 heavy (non-hydrogen) atoms. The fourth-order valence-electron chi connectivity index (χ4n) is 1.03. The summed E-state index contributed by atoms with van der Waals surface area (Å²) < 4.78 is 0. The summed E-state index contributed by atoms with van der Waals surface area (Å²) in [6, 6.07) is 0. The summed E-state index contributed by atoms with van der Waals surface area (Å²) in [5.74, 6) is 0. The number of aliphatic hydroxyl groups excluding tert-OH is 1. The smallest absolute Gasteiger partial charge is 0.107 e. The van der Waals surface area contributed by atoms with Gasteiger partial charge in [0.1, 0.15) is 6.10 Å². The van der Waals surface area contributed by atoms with Crippen LogP contribution in [0.2, 0.25) is 0 Å². The highest BCUT2D eigenvalue weighted by Gasteiger charge is 2.01. The molecule has 1 unspecified atom stereocenters. The van der Waals surface area contributed by atoms with Gasteiger partial charge in [-0.25, -0.2) is 0 Å². The van der Waals surface area contributed by atoms with Crippen molar-refractivity contribution in [2.45, 2.75) is 39.7 Å². The summed E-state index contributed by atoms with van der Waals surface area (Å²) >= 11 is 5.56. The van der Waals surface area contributed by atoms with Crippen molar-refractivity contribution in [3.8, 4) is 0 Å². The monoisotopic (exact) mass is 214 g/mol. The van der Waals surface area contributed by atoms with Crippen molar-refractivity contribution >= 4 is 11.6 Å². The zero-order valence-corrected chi connectivity index (χ0v) is 9.93. The topological polar surface area (TPSA) is 20.2 Å². The Morgan fingerprint density at radius 2 is 2.00 bits per heavy atom. The highest BCUT2D eigenvalue weighted by atomic mass is 35.5. The lowest BCUT2D eigenvalue weighted by Gasteiger charge is -2.04. The predicted molar refractivity (Wildman–Crippen MR) is 63.4 cm³/mol. The minimum Gasteiger partial charge on any atom is -0.383 e. The second-order valence-corrected chi connectivity index (χ2v) is 4.21. The standard InChI is InChI=1S/C12H19ClO/c1-9(2)6-5-7-10(3)8-12(14)11(4)13/h6,8,12,14H,4-5,7H2,1-3H3/b10-8+. The van der Waals surface area contributed by atoms with Gasteiger partial charge in [0.05, 0.1) is 0 Å². The first-order chi connectivity index (χ1) is 6.43. The van der Waals surface area contributed by atoms with Crippen molar-refractivity contribution in [3.63, 3.8) is 0 Å². The molecule has 1 atom stereocenters. The van der Waals surface area contributed by atoms with E-state index >= 15 is 0 Å². The van der Waals surface area contributed by atoms with E-state index in [0.717, 1.165) is 18.4 Å². The Morgan fingerprint density at radius 3 is 2.43 bits per heavy atom. The molecule has 0 radical (unpaired) electrons. The molecule has 1 nitrogen and oxygen atoms in total. The van der Waals surface area contributed by atoms with Crippen LogP contribution in [-0.4, -0.2) is 11.2 Å². The lowest BCUT2D eigenvalue weighted by atomic mass is 10.1. The van der Waals surface area contributed by atoms with Crippen LogP contribution in [0.5, 0.6) is 0 Å². The third kappa shape index (κ3) is 6.93. The van der Waals surface area contributed by atoms with Gasteiger partial charge in [0.25, 0.3) is 0 Å². The molecule has 0 aliphatic rings. The zero-order valence-electron chi connectivity index (χ0n) is 9.18. The summed E-state index contributed by atoms with van der Waals surface area (Å²) in [6.45, 7) is 9.62. The van der Waals surface area contributed by atoms with Gasteiger partial charge in [0, 0.05) is 5.03 Å². The van der Waals surface area contributed by atoms with E-state index in [2.05, 4.69) is 26.5 Å². The Balaban J connectivity index is 4.01. The van der Waals surface area contributed by atoms with Crippen molar-refractivity contribution in [2.75, 3.05) is 0 Å². The van der Waals surface area contributed by atoms with Gasteiger partial charge in [-0.05, 0) is 33.6 Å². The first kappa shape index (κ1) is 13.5. The van der Waals surface area contributed by atoms with E-state index in [1.165, 1.54) is 5.57 Å². The molecular weight excluding hydrogens is 196 g/mol. The van der Waals surface area contributed by atoms with Crippen LogP contribution in [0.1, 0.15) is 33.6 Å². The van der Waals surface area contributed by atoms with Gasteiger partial charge < -0.3 is 5.11 Å². The minimum atomic E-state index is -0.719. The van der Waals surface area contributed by atoms with E-state index in [0.29, 0.717) is 0 Å². The average Bonchev–Trinajstić information content (AvgIpc) is 2.02. The van der Waals surface area contributed by atoms with Crippen LogP contribution in [0, 0.1) is 0 Å². The van der Waals surface area contributed by atoms with Gasteiger partial charge in [-0.15, -0.1) is 0 Å². The Hall–Kier alpha value is -0.530. The molecule has 0 saturated carbocycles. The van der Waals surface area contributed by atoms with E-state index in [1.54, 1.807) is 6.08 Å². The molecule has 0 aliphatic heterocycles. The molecule has 0 fully saturated rings. The first-order valence-corrected chi connectivity index (χ1v) is 5.14. The van der Waals surface area contributed by atoms with E-state index in [4.69, 9.17) is 11.6 Å². The van der Waals surface area contributed by atoms with Crippen molar-refractivity contribution in [2.24, 2.45) is 0 Å². The molecule has 0 aromatic carbocycles. The van der Waals surface area contributed by atoms with Gasteiger partial charge in [-0.1, -0.05) is 41.5 Å². The van der Waals surface area contributed by atoms with Crippen LogP contribution in [0.3, 0.4) is 0 Å². The number of allylic oxidation sites excluding steroid dienone is 3. The Bertz CT molecular complexity index is 247. The van der Waals surface area contributed by atoms with Crippen LogP contribution in [-0.2, 0) is 0 Å². The SMILES string of the molecule is C=C(Cl)C(O)/C=C(\C)CCC=C(C)C. The van der Waals surface area contributed by atoms with Crippen molar-refractivity contribution in [1.29, 1.82) is 0 Å². The zero-order chi connectivity index (χ0) is 11.1. The van der Waals surface area contributed by atoms with Gasteiger partial charge >= 0.3 is 0 Å². The number of rotatable bonds is 5.